The summed E-state index contributed by atoms with van der Waals surface area (Å²) in [5.74, 6) is 0. The van der Waals surface area contributed by atoms with Crippen LogP contribution in [-0.4, -0.2) is 22.9 Å². The van der Waals surface area contributed by atoms with Gasteiger partial charge in [-0.05, 0) is 44.8 Å². The molecule has 2 heterocycles. The predicted octanol–water partition coefficient (Wildman–Crippen LogP) is 3.21. The third kappa shape index (κ3) is 3.82. The van der Waals surface area contributed by atoms with Crippen LogP contribution in [0.1, 0.15) is 38.8 Å². The highest BCUT2D eigenvalue weighted by atomic mass is 19.4. The van der Waals surface area contributed by atoms with Crippen LogP contribution >= 0.6 is 0 Å². The van der Waals surface area contributed by atoms with Gasteiger partial charge in [-0.15, -0.1) is 0 Å². The van der Waals surface area contributed by atoms with Crippen LogP contribution in [0.25, 0.3) is 0 Å². The van der Waals surface area contributed by atoms with Crippen molar-refractivity contribution < 1.29 is 22.5 Å². The lowest BCUT2D eigenvalue weighted by molar-refractivity contribution is -0.138. The first-order valence-electron chi connectivity index (χ1n) is 8.62. The molecule has 0 unspecified atom stereocenters. The van der Waals surface area contributed by atoms with Crippen LogP contribution in [0.4, 0.5) is 13.2 Å². The van der Waals surface area contributed by atoms with E-state index in [1.165, 1.54) is 0 Å². The summed E-state index contributed by atoms with van der Waals surface area (Å²) in [5.41, 5.74) is -1.10. The topological polar surface area (TPSA) is 40.5 Å². The van der Waals surface area contributed by atoms with Gasteiger partial charge in [0.05, 0.1) is 23.3 Å². The molecule has 0 spiro atoms. The fourth-order valence-corrected chi connectivity index (χ4v) is 2.88. The number of benzene rings is 1. The van der Waals surface area contributed by atoms with E-state index >= 15 is 0 Å². The van der Waals surface area contributed by atoms with Gasteiger partial charge in [0, 0.05) is 12.3 Å². The van der Waals surface area contributed by atoms with E-state index in [0.29, 0.717) is 11.0 Å². The van der Waals surface area contributed by atoms with Gasteiger partial charge in [0.1, 0.15) is 0 Å². The second kappa shape index (κ2) is 6.53. The summed E-state index contributed by atoms with van der Waals surface area (Å²) in [6, 6.07) is 8.85. The Morgan fingerprint density at radius 2 is 1.59 bits per heavy atom. The monoisotopic (exact) mass is 379 g/mol. The summed E-state index contributed by atoms with van der Waals surface area (Å²) >= 11 is 0. The summed E-state index contributed by atoms with van der Waals surface area (Å²) in [6.45, 7) is 7.68. The fraction of sp³-hybridized carbons (Fsp3) is 0.421. The molecule has 0 aliphatic carbocycles. The maximum atomic E-state index is 13.0. The third-order valence-electron chi connectivity index (χ3n) is 5.21. The maximum absolute atomic E-state index is 13.0. The smallest absolute Gasteiger partial charge is 0.399 e. The van der Waals surface area contributed by atoms with Crippen LogP contribution in [0, 0.1) is 0 Å². The lowest BCUT2D eigenvalue weighted by Gasteiger charge is -2.32. The normalized spacial score (nSPS) is 18.7. The summed E-state index contributed by atoms with van der Waals surface area (Å²) < 4.78 is 52.1. The maximum Gasteiger partial charge on any atom is 0.495 e. The number of rotatable bonds is 3. The van der Waals surface area contributed by atoms with E-state index in [1.807, 2.05) is 27.7 Å². The van der Waals surface area contributed by atoms with Crippen LogP contribution in [-0.2, 0) is 22.0 Å². The average molecular weight is 379 g/mol. The zero-order valence-electron chi connectivity index (χ0n) is 15.6. The van der Waals surface area contributed by atoms with Crippen molar-refractivity contribution in [3.63, 3.8) is 0 Å². The van der Waals surface area contributed by atoms with Gasteiger partial charge in [0.2, 0.25) is 0 Å². The Balaban J connectivity index is 1.96. The number of nitrogens with zero attached hydrogens (tertiary/aromatic N) is 1. The Kier molecular flexibility index (Phi) is 4.76. The quantitative estimate of drug-likeness (QED) is 0.770. The molecular formula is C19H21BF3NO3. The molecule has 3 rings (SSSR count). The van der Waals surface area contributed by atoms with Crippen LogP contribution in [0.3, 0.4) is 0 Å². The molecule has 1 saturated heterocycles. The van der Waals surface area contributed by atoms with Gasteiger partial charge in [-0.1, -0.05) is 24.3 Å². The lowest BCUT2D eigenvalue weighted by atomic mass is 9.76. The minimum Gasteiger partial charge on any atom is -0.399 e. The van der Waals surface area contributed by atoms with Gasteiger partial charge in [0.25, 0.3) is 5.56 Å². The van der Waals surface area contributed by atoms with Gasteiger partial charge in [-0.25, -0.2) is 0 Å². The first kappa shape index (κ1) is 19.7. The zero-order chi connectivity index (χ0) is 20.0. The second-order valence-electron chi connectivity index (χ2n) is 7.67. The van der Waals surface area contributed by atoms with E-state index in [9.17, 15) is 18.0 Å². The van der Waals surface area contributed by atoms with Crippen LogP contribution in [0.15, 0.2) is 47.4 Å². The van der Waals surface area contributed by atoms with Crippen molar-refractivity contribution in [1.29, 1.82) is 0 Å². The molecule has 0 amide bonds. The molecule has 8 heteroatoms. The minimum atomic E-state index is -4.51. The summed E-state index contributed by atoms with van der Waals surface area (Å²) in [6.07, 6.45) is -3.68. The molecule has 0 bridgehead atoms. The first-order chi connectivity index (χ1) is 12.4. The zero-order valence-corrected chi connectivity index (χ0v) is 15.6. The Morgan fingerprint density at radius 1 is 1.00 bits per heavy atom. The third-order valence-corrected chi connectivity index (χ3v) is 5.21. The number of hydrogen-bond donors (Lipinski definition) is 0. The van der Waals surface area contributed by atoms with Crippen molar-refractivity contribution >= 4 is 12.6 Å². The number of pyridine rings is 1. The van der Waals surface area contributed by atoms with E-state index in [2.05, 4.69) is 0 Å². The van der Waals surface area contributed by atoms with Gasteiger partial charge in [-0.3, -0.25) is 4.79 Å². The Morgan fingerprint density at radius 3 is 2.19 bits per heavy atom. The number of hydrogen-bond acceptors (Lipinski definition) is 3. The second-order valence-corrected chi connectivity index (χ2v) is 7.67. The molecule has 2 aromatic rings. The fourth-order valence-electron chi connectivity index (χ4n) is 2.88. The van der Waals surface area contributed by atoms with Crippen molar-refractivity contribution in [2.75, 3.05) is 0 Å². The summed E-state index contributed by atoms with van der Waals surface area (Å²) in [5, 5.41) is 0. The predicted molar refractivity (Wildman–Crippen MR) is 97.0 cm³/mol. The summed E-state index contributed by atoms with van der Waals surface area (Å²) in [7, 11) is -0.660. The molecule has 1 aliphatic heterocycles. The minimum absolute atomic E-state index is 0.0109. The van der Waals surface area contributed by atoms with Crippen molar-refractivity contribution in [1.82, 2.24) is 4.57 Å². The Labute approximate surface area is 156 Å². The van der Waals surface area contributed by atoms with E-state index in [-0.39, 0.29) is 6.54 Å². The highest BCUT2D eigenvalue weighted by Crippen LogP contribution is 2.36. The molecule has 0 radical (unpaired) electrons. The largest absolute Gasteiger partial charge is 0.495 e. The van der Waals surface area contributed by atoms with E-state index in [4.69, 9.17) is 9.31 Å². The molecule has 0 N–H and O–H groups in total. The van der Waals surface area contributed by atoms with Crippen LogP contribution in [0.5, 0.6) is 0 Å². The van der Waals surface area contributed by atoms with Crippen molar-refractivity contribution in [3.8, 4) is 0 Å². The van der Waals surface area contributed by atoms with Gasteiger partial charge < -0.3 is 13.9 Å². The van der Waals surface area contributed by atoms with E-state index in [0.717, 1.165) is 22.9 Å². The van der Waals surface area contributed by atoms with Crippen molar-refractivity contribution in [3.05, 3.63) is 64.1 Å². The highest BCUT2D eigenvalue weighted by Gasteiger charge is 2.52. The standard InChI is InChI=1S/C19H21BF3NO3/c1-17(2)18(3,4)27-20(26-17)15-8-6-5-7-13(15)11-24-12-14(19(21,22)23)9-10-16(24)25/h5-10,12H,11H2,1-4H3. The molecule has 1 aliphatic rings. The molecule has 1 fully saturated rings. The SMILES string of the molecule is CC1(C)OB(c2ccccc2Cn2cc(C(F)(F)F)ccc2=O)OC1(C)C. The van der Waals surface area contributed by atoms with Crippen molar-refractivity contribution in [2.45, 2.75) is 51.6 Å². The van der Waals surface area contributed by atoms with E-state index < -0.39 is 35.6 Å². The van der Waals surface area contributed by atoms with Gasteiger partial charge >= 0.3 is 13.3 Å². The lowest BCUT2D eigenvalue weighted by Crippen LogP contribution is -2.41. The molecule has 1 aromatic heterocycles. The van der Waals surface area contributed by atoms with Gasteiger partial charge in [0.15, 0.2) is 0 Å². The molecule has 0 saturated carbocycles. The number of halogens is 3. The molecule has 0 atom stereocenters. The molecule has 4 nitrogen and oxygen atoms in total. The van der Waals surface area contributed by atoms with Crippen LogP contribution in [0.2, 0.25) is 0 Å². The van der Waals surface area contributed by atoms with Crippen molar-refractivity contribution in [2.24, 2.45) is 0 Å². The molecular weight excluding hydrogens is 358 g/mol. The summed E-state index contributed by atoms with van der Waals surface area (Å²) in [4.78, 5) is 12.1. The molecule has 1 aromatic carbocycles. The highest BCUT2D eigenvalue weighted by molar-refractivity contribution is 6.62. The Bertz CT molecular complexity index is 890. The molecule has 27 heavy (non-hydrogen) atoms. The number of aromatic nitrogens is 1. The molecule has 144 valence electrons. The van der Waals surface area contributed by atoms with Gasteiger partial charge in [-0.2, -0.15) is 13.2 Å². The number of alkyl halides is 3. The Hall–Kier alpha value is -2.06. The first-order valence-corrected chi connectivity index (χ1v) is 8.62. The van der Waals surface area contributed by atoms with E-state index in [1.54, 1.807) is 24.3 Å². The average Bonchev–Trinajstić information content (AvgIpc) is 2.77. The van der Waals surface area contributed by atoms with Crippen LogP contribution < -0.4 is 11.0 Å².